The van der Waals surface area contributed by atoms with E-state index in [4.69, 9.17) is 5.73 Å². The lowest BCUT2D eigenvalue weighted by molar-refractivity contribution is 0.0908. The van der Waals surface area contributed by atoms with Crippen LogP contribution in [0.5, 0.6) is 0 Å². The molecule has 26 heavy (non-hydrogen) atoms. The van der Waals surface area contributed by atoms with E-state index in [9.17, 15) is 9.59 Å². The number of nitrogens with one attached hydrogen (secondary N) is 2. The van der Waals surface area contributed by atoms with Crippen LogP contribution in [-0.2, 0) is 0 Å². The molecule has 1 aromatic heterocycles. The molecule has 0 aliphatic heterocycles. The van der Waals surface area contributed by atoms with Crippen molar-refractivity contribution in [2.45, 2.75) is 63.5 Å². The lowest BCUT2D eigenvalue weighted by Gasteiger charge is -2.31. The summed E-state index contributed by atoms with van der Waals surface area (Å²) in [5, 5.41) is 3.16. The van der Waals surface area contributed by atoms with Gasteiger partial charge in [0.15, 0.2) is 0 Å². The van der Waals surface area contributed by atoms with Gasteiger partial charge in [0.05, 0.1) is 11.0 Å². The van der Waals surface area contributed by atoms with Gasteiger partial charge in [0.25, 0.3) is 5.91 Å². The van der Waals surface area contributed by atoms with Crippen LogP contribution in [0.3, 0.4) is 0 Å². The summed E-state index contributed by atoms with van der Waals surface area (Å²) in [6.45, 7) is 0.613. The van der Waals surface area contributed by atoms with Crippen LogP contribution in [0.25, 0.3) is 11.0 Å². The molecule has 2 aromatic rings. The Bertz CT molecular complexity index is 847. The molecule has 1 heterocycles. The number of hydrogen-bond donors (Lipinski definition) is 3. The van der Waals surface area contributed by atoms with Crippen molar-refractivity contribution in [1.29, 1.82) is 0 Å². The van der Waals surface area contributed by atoms with E-state index in [0.717, 1.165) is 43.1 Å². The molecule has 6 nitrogen and oxygen atoms in total. The molecule has 4 N–H and O–H groups in total. The molecule has 0 saturated heterocycles. The quantitative estimate of drug-likeness (QED) is 0.786. The fourth-order valence-electron chi connectivity index (χ4n) is 4.73. The number of aromatic nitrogens is 2. The molecule has 2 saturated carbocycles. The van der Waals surface area contributed by atoms with Gasteiger partial charge >= 0.3 is 5.69 Å². The van der Waals surface area contributed by atoms with Gasteiger partial charge < -0.3 is 16.0 Å². The first-order chi connectivity index (χ1) is 12.7. The predicted molar refractivity (Wildman–Crippen MR) is 102 cm³/mol. The third-order valence-corrected chi connectivity index (χ3v) is 6.20. The molecular formula is C20H28N4O2. The molecule has 2 aliphatic carbocycles. The molecule has 2 fully saturated rings. The van der Waals surface area contributed by atoms with Crippen molar-refractivity contribution >= 4 is 16.9 Å². The van der Waals surface area contributed by atoms with Gasteiger partial charge in [-0.3, -0.25) is 9.36 Å². The monoisotopic (exact) mass is 356 g/mol. The lowest BCUT2D eigenvalue weighted by Crippen LogP contribution is -2.44. The topological polar surface area (TPSA) is 92.9 Å². The molecule has 0 spiro atoms. The Labute approximate surface area is 153 Å². The van der Waals surface area contributed by atoms with Crippen molar-refractivity contribution in [2.75, 3.05) is 6.54 Å². The summed E-state index contributed by atoms with van der Waals surface area (Å²) >= 11 is 0. The number of hydrogen-bond acceptors (Lipinski definition) is 3. The minimum atomic E-state index is -0.0771. The zero-order valence-electron chi connectivity index (χ0n) is 15.2. The number of nitrogens with zero attached hydrogens (tertiary/aromatic N) is 1. The summed E-state index contributed by atoms with van der Waals surface area (Å²) in [7, 11) is 0. The van der Waals surface area contributed by atoms with Crippen molar-refractivity contribution < 1.29 is 4.79 Å². The third kappa shape index (κ3) is 3.18. The molecule has 4 rings (SSSR count). The number of fused-ring (bicyclic) bond motifs is 1. The van der Waals surface area contributed by atoms with Crippen LogP contribution >= 0.6 is 0 Å². The van der Waals surface area contributed by atoms with Gasteiger partial charge in [0.1, 0.15) is 0 Å². The normalized spacial score (nSPS) is 24.2. The maximum atomic E-state index is 12.7. The Balaban J connectivity index is 1.57. The second-order valence-electron chi connectivity index (χ2n) is 7.83. The van der Waals surface area contributed by atoms with E-state index in [1.165, 1.54) is 19.3 Å². The van der Waals surface area contributed by atoms with Crippen molar-refractivity contribution in [3.63, 3.8) is 0 Å². The first-order valence-electron chi connectivity index (χ1n) is 9.92. The number of rotatable bonds is 4. The lowest BCUT2D eigenvalue weighted by atomic mass is 9.84. The van der Waals surface area contributed by atoms with E-state index < -0.39 is 0 Å². The Morgan fingerprint density at radius 3 is 2.65 bits per heavy atom. The average Bonchev–Trinajstić information content (AvgIpc) is 3.27. The van der Waals surface area contributed by atoms with Gasteiger partial charge in [0, 0.05) is 17.6 Å². The van der Waals surface area contributed by atoms with Crippen LogP contribution in [0.1, 0.15) is 67.8 Å². The van der Waals surface area contributed by atoms with E-state index in [1.807, 2.05) is 16.7 Å². The van der Waals surface area contributed by atoms with Gasteiger partial charge in [-0.05, 0) is 56.3 Å². The minimum Gasteiger partial charge on any atom is -0.349 e. The Hall–Kier alpha value is -2.08. The minimum absolute atomic E-state index is 0.0695. The molecule has 1 amide bonds. The van der Waals surface area contributed by atoms with Crippen LogP contribution in [-0.4, -0.2) is 28.0 Å². The summed E-state index contributed by atoms with van der Waals surface area (Å²) in [4.78, 5) is 28.0. The Kier molecular flexibility index (Phi) is 4.85. The van der Waals surface area contributed by atoms with Crippen molar-refractivity contribution in [3.8, 4) is 0 Å². The number of carbonyl (C=O) groups is 1. The Morgan fingerprint density at radius 2 is 1.88 bits per heavy atom. The number of H-pyrrole nitrogens is 1. The van der Waals surface area contributed by atoms with Crippen molar-refractivity contribution in [1.82, 2.24) is 14.9 Å². The molecular weight excluding hydrogens is 328 g/mol. The fourth-order valence-corrected chi connectivity index (χ4v) is 4.73. The van der Waals surface area contributed by atoms with Crippen molar-refractivity contribution in [3.05, 3.63) is 34.2 Å². The molecule has 2 atom stereocenters. The van der Waals surface area contributed by atoms with E-state index in [-0.39, 0.29) is 23.7 Å². The summed E-state index contributed by atoms with van der Waals surface area (Å²) in [6.07, 6.45) is 8.85. The number of nitrogens with two attached hydrogens (primary N) is 1. The third-order valence-electron chi connectivity index (χ3n) is 6.20. The van der Waals surface area contributed by atoms with Crippen LogP contribution in [0.15, 0.2) is 23.0 Å². The molecule has 140 valence electrons. The van der Waals surface area contributed by atoms with Crippen LogP contribution in [0, 0.1) is 5.92 Å². The fraction of sp³-hybridized carbons (Fsp3) is 0.600. The standard InChI is InChI=1S/C20H28N4O2/c21-12-14-5-1-4-8-16(14)22-19(25)13-9-10-18-17(11-13)23-20(26)24(18)15-6-2-3-7-15/h9-11,14-16H,1-8,12,21H2,(H,22,25)(H,23,26). The summed E-state index contributed by atoms with van der Waals surface area (Å²) in [6, 6.07) is 5.97. The van der Waals surface area contributed by atoms with Gasteiger partial charge in [-0.15, -0.1) is 0 Å². The molecule has 2 unspecified atom stereocenters. The van der Waals surface area contributed by atoms with E-state index in [2.05, 4.69) is 10.3 Å². The highest BCUT2D eigenvalue weighted by Crippen LogP contribution is 2.31. The van der Waals surface area contributed by atoms with E-state index in [1.54, 1.807) is 6.07 Å². The molecule has 2 aliphatic rings. The highest BCUT2D eigenvalue weighted by atomic mass is 16.2. The predicted octanol–water partition coefficient (Wildman–Crippen LogP) is 2.69. The maximum absolute atomic E-state index is 12.7. The SMILES string of the molecule is NCC1CCCCC1NC(=O)c1ccc2c(c1)[nH]c(=O)n2C1CCCC1. The second kappa shape index (κ2) is 7.27. The Morgan fingerprint density at radius 1 is 1.15 bits per heavy atom. The number of carbonyl (C=O) groups excluding carboxylic acids is 1. The van der Waals surface area contributed by atoms with E-state index >= 15 is 0 Å². The summed E-state index contributed by atoms with van der Waals surface area (Å²) in [5.41, 5.74) is 8.04. The summed E-state index contributed by atoms with van der Waals surface area (Å²) < 4.78 is 1.87. The molecule has 0 bridgehead atoms. The van der Waals surface area contributed by atoms with E-state index in [0.29, 0.717) is 18.0 Å². The molecule has 0 radical (unpaired) electrons. The van der Waals surface area contributed by atoms with Gasteiger partial charge in [-0.1, -0.05) is 25.7 Å². The largest absolute Gasteiger partial charge is 0.349 e. The van der Waals surface area contributed by atoms with Crippen LogP contribution in [0.2, 0.25) is 0 Å². The number of benzene rings is 1. The van der Waals surface area contributed by atoms with Gasteiger partial charge in [-0.25, -0.2) is 4.79 Å². The van der Waals surface area contributed by atoms with Gasteiger partial charge in [-0.2, -0.15) is 0 Å². The first kappa shape index (κ1) is 17.3. The number of amides is 1. The highest BCUT2D eigenvalue weighted by molar-refractivity contribution is 5.97. The molecule has 6 heteroatoms. The zero-order chi connectivity index (χ0) is 18.1. The maximum Gasteiger partial charge on any atom is 0.326 e. The van der Waals surface area contributed by atoms with Crippen LogP contribution in [0.4, 0.5) is 0 Å². The van der Waals surface area contributed by atoms with Crippen LogP contribution < -0.4 is 16.7 Å². The van der Waals surface area contributed by atoms with Crippen molar-refractivity contribution in [2.24, 2.45) is 11.7 Å². The first-order valence-corrected chi connectivity index (χ1v) is 9.92. The zero-order valence-corrected chi connectivity index (χ0v) is 15.2. The number of imidazole rings is 1. The average molecular weight is 356 g/mol. The summed E-state index contributed by atoms with van der Waals surface area (Å²) in [5.74, 6) is 0.284. The number of aromatic amines is 1. The second-order valence-corrected chi connectivity index (χ2v) is 7.83. The van der Waals surface area contributed by atoms with Gasteiger partial charge in [0.2, 0.25) is 0 Å². The molecule has 1 aromatic carbocycles. The smallest absolute Gasteiger partial charge is 0.326 e. The highest BCUT2D eigenvalue weighted by Gasteiger charge is 2.26.